The summed E-state index contributed by atoms with van der Waals surface area (Å²) in [4.78, 5) is 10.7. The zero-order valence-corrected chi connectivity index (χ0v) is 7.14. The Labute approximate surface area is 76.8 Å². The molecule has 1 aliphatic rings. The van der Waals surface area contributed by atoms with E-state index in [0.29, 0.717) is 0 Å². The summed E-state index contributed by atoms with van der Waals surface area (Å²) in [5.41, 5.74) is 1.69. The molecule has 0 saturated heterocycles. The minimum Gasteiger partial charge on any atom is -0.493 e. The van der Waals surface area contributed by atoms with Gasteiger partial charge in [-0.1, -0.05) is 24.3 Å². The average Bonchev–Trinajstić information content (AvgIpc) is 2.70. The fourth-order valence-corrected chi connectivity index (χ4v) is 1.50. The molecule has 0 radical (unpaired) electrons. The molecule has 2 nitrogen and oxygen atoms in total. The van der Waals surface area contributed by atoms with E-state index in [0.717, 1.165) is 23.8 Å². The summed E-state index contributed by atoms with van der Waals surface area (Å²) < 4.78 is 5.34. The van der Waals surface area contributed by atoms with Crippen molar-refractivity contribution in [1.29, 1.82) is 0 Å². The third-order valence-electron chi connectivity index (χ3n) is 2.16. The molecule has 2 heteroatoms. The zero-order chi connectivity index (χ0) is 9.10. The molecule has 0 aromatic heterocycles. The normalized spacial score (nSPS) is 19.8. The van der Waals surface area contributed by atoms with Gasteiger partial charge in [-0.3, -0.25) is 4.79 Å². The van der Waals surface area contributed by atoms with E-state index in [1.54, 1.807) is 6.26 Å². The van der Waals surface area contributed by atoms with Crippen LogP contribution in [0.5, 0.6) is 0 Å². The third-order valence-corrected chi connectivity index (χ3v) is 2.16. The highest BCUT2D eigenvalue weighted by Crippen LogP contribution is 2.28. The van der Waals surface area contributed by atoms with Crippen molar-refractivity contribution in [2.75, 3.05) is 0 Å². The van der Waals surface area contributed by atoms with Gasteiger partial charge in [-0.05, 0) is 6.08 Å². The van der Waals surface area contributed by atoms with Gasteiger partial charge in [0.25, 0.3) is 0 Å². The first-order chi connectivity index (χ1) is 6.42. The molecule has 1 unspecified atom stereocenters. The number of aldehydes is 1. The van der Waals surface area contributed by atoms with E-state index in [4.69, 9.17) is 4.74 Å². The molecule has 2 rings (SSSR count). The van der Waals surface area contributed by atoms with Gasteiger partial charge >= 0.3 is 0 Å². The number of hydrogen-bond donors (Lipinski definition) is 0. The Hall–Kier alpha value is -1.57. The molecule has 0 aliphatic carbocycles. The van der Waals surface area contributed by atoms with Crippen molar-refractivity contribution in [2.24, 2.45) is 0 Å². The van der Waals surface area contributed by atoms with E-state index in [2.05, 4.69) is 0 Å². The maximum Gasteiger partial charge on any atom is 0.150 e. The molecule has 1 aliphatic heterocycles. The predicted octanol–water partition coefficient (Wildman–Crippen LogP) is 2.47. The largest absolute Gasteiger partial charge is 0.493 e. The summed E-state index contributed by atoms with van der Waals surface area (Å²) >= 11 is 0. The number of benzene rings is 1. The van der Waals surface area contributed by atoms with Gasteiger partial charge in [0.2, 0.25) is 0 Å². The monoisotopic (exact) mass is 174 g/mol. The van der Waals surface area contributed by atoms with Crippen LogP contribution in [0, 0.1) is 0 Å². The van der Waals surface area contributed by atoms with Crippen LogP contribution in [0.2, 0.25) is 0 Å². The number of ether oxygens (including phenoxy) is 1. The van der Waals surface area contributed by atoms with Crippen molar-refractivity contribution in [1.82, 2.24) is 0 Å². The molecule has 0 fully saturated rings. The molecule has 0 saturated carbocycles. The van der Waals surface area contributed by atoms with Crippen LogP contribution in [-0.4, -0.2) is 6.29 Å². The Morgan fingerprint density at radius 2 is 2.23 bits per heavy atom. The van der Waals surface area contributed by atoms with Crippen LogP contribution in [0.25, 0.3) is 0 Å². The van der Waals surface area contributed by atoms with Crippen LogP contribution >= 0.6 is 0 Å². The van der Waals surface area contributed by atoms with E-state index < -0.39 is 0 Å². The Morgan fingerprint density at radius 1 is 1.38 bits per heavy atom. The van der Waals surface area contributed by atoms with Crippen LogP contribution in [-0.2, 0) is 4.74 Å². The van der Waals surface area contributed by atoms with Crippen LogP contribution in [0.1, 0.15) is 28.4 Å². The van der Waals surface area contributed by atoms with Crippen molar-refractivity contribution in [3.05, 3.63) is 47.7 Å². The summed E-state index contributed by atoms with van der Waals surface area (Å²) in [5, 5.41) is 0. The molecular formula is C11H10O2. The predicted molar refractivity (Wildman–Crippen MR) is 49.4 cm³/mol. The molecule has 0 spiro atoms. The summed E-state index contributed by atoms with van der Waals surface area (Å²) in [7, 11) is 0. The lowest BCUT2D eigenvalue weighted by Gasteiger charge is -2.11. The van der Waals surface area contributed by atoms with Crippen molar-refractivity contribution < 1.29 is 9.53 Å². The smallest absolute Gasteiger partial charge is 0.150 e. The van der Waals surface area contributed by atoms with Gasteiger partial charge in [-0.25, -0.2) is 0 Å². The van der Waals surface area contributed by atoms with E-state index in [1.165, 1.54) is 0 Å². The standard InChI is InChI=1S/C11H10O2/c12-8-9-4-1-2-5-10(9)11-6-3-7-13-11/h1-5,7-8,11H,6H2. The highest BCUT2D eigenvalue weighted by Gasteiger charge is 2.16. The molecule has 1 heterocycles. The lowest BCUT2D eigenvalue weighted by molar-refractivity contribution is 0.111. The highest BCUT2D eigenvalue weighted by atomic mass is 16.5. The molecule has 13 heavy (non-hydrogen) atoms. The van der Waals surface area contributed by atoms with Crippen molar-refractivity contribution in [3.63, 3.8) is 0 Å². The van der Waals surface area contributed by atoms with E-state index in [9.17, 15) is 4.79 Å². The van der Waals surface area contributed by atoms with Crippen LogP contribution in [0.15, 0.2) is 36.6 Å². The molecule has 1 aromatic carbocycles. The van der Waals surface area contributed by atoms with E-state index >= 15 is 0 Å². The van der Waals surface area contributed by atoms with Crippen LogP contribution in [0.4, 0.5) is 0 Å². The van der Waals surface area contributed by atoms with Gasteiger partial charge in [-0.2, -0.15) is 0 Å². The van der Waals surface area contributed by atoms with Crippen molar-refractivity contribution in [3.8, 4) is 0 Å². The maximum absolute atomic E-state index is 10.7. The van der Waals surface area contributed by atoms with Gasteiger partial charge in [0.1, 0.15) is 12.4 Å². The molecule has 1 aromatic rings. The summed E-state index contributed by atoms with van der Waals surface area (Å²) in [6.45, 7) is 0. The van der Waals surface area contributed by atoms with Gasteiger partial charge in [0.05, 0.1) is 6.26 Å². The second-order valence-electron chi connectivity index (χ2n) is 2.98. The van der Waals surface area contributed by atoms with Crippen LogP contribution < -0.4 is 0 Å². The molecule has 66 valence electrons. The van der Waals surface area contributed by atoms with Gasteiger partial charge in [-0.15, -0.1) is 0 Å². The van der Waals surface area contributed by atoms with Gasteiger partial charge in [0.15, 0.2) is 0 Å². The lowest BCUT2D eigenvalue weighted by Crippen LogP contribution is -1.99. The average molecular weight is 174 g/mol. The first kappa shape index (κ1) is 8.05. The van der Waals surface area contributed by atoms with E-state index in [-0.39, 0.29) is 6.10 Å². The molecule has 0 amide bonds. The first-order valence-corrected chi connectivity index (χ1v) is 4.26. The van der Waals surface area contributed by atoms with Crippen LogP contribution in [0.3, 0.4) is 0 Å². The number of hydrogen-bond acceptors (Lipinski definition) is 2. The minimum absolute atomic E-state index is 0.0291. The first-order valence-electron chi connectivity index (χ1n) is 4.26. The molecular weight excluding hydrogens is 164 g/mol. The second kappa shape index (κ2) is 3.44. The fourth-order valence-electron chi connectivity index (χ4n) is 1.50. The quantitative estimate of drug-likeness (QED) is 0.644. The van der Waals surface area contributed by atoms with Crippen molar-refractivity contribution >= 4 is 6.29 Å². The van der Waals surface area contributed by atoms with Gasteiger partial charge in [0, 0.05) is 17.5 Å². The summed E-state index contributed by atoms with van der Waals surface area (Å²) in [6, 6.07) is 7.52. The maximum atomic E-state index is 10.7. The lowest BCUT2D eigenvalue weighted by atomic mass is 10.0. The van der Waals surface area contributed by atoms with Gasteiger partial charge < -0.3 is 4.74 Å². The zero-order valence-electron chi connectivity index (χ0n) is 7.14. The second-order valence-corrected chi connectivity index (χ2v) is 2.98. The van der Waals surface area contributed by atoms with Crippen molar-refractivity contribution in [2.45, 2.75) is 12.5 Å². The Morgan fingerprint density at radius 3 is 2.92 bits per heavy atom. The number of rotatable bonds is 2. The minimum atomic E-state index is 0.0291. The topological polar surface area (TPSA) is 26.3 Å². The highest BCUT2D eigenvalue weighted by molar-refractivity contribution is 5.77. The number of carbonyl (C=O) groups excluding carboxylic acids is 1. The fraction of sp³-hybridized carbons (Fsp3) is 0.182. The third kappa shape index (κ3) is 1.47. The molecule has 1 atom stereocenters. The molecule has 0 bridgehead atoms. The summed E-state index contributed by atoms with van der Waals surface area (Å²) in [6.07, 6.45) is 5.40. The summed E-state index contributed by atoms with van der Waals surface area (Å²) in [5.74, 6) is 0. The molecule has 0 N–H and O–H groups in total. The SMILES string of the molecule is O=Cc1ccccc1C1CC=CO1. The Bertz CT molecular complexity index is 334. The number of carbonyl (C=O) groups is 1. The van der Waals surface area contributed by atoms with E-state index in [1.807, 2.05) is 30.3 Å². The Balaban J connectivity index is 2.32. The Kier molecular flexibility index (Phi) is 2.13.